The topological polar surface area (TPSA) is 77.2 Å². The molecule has 1 aliphatic rings. The Morgan fingerprint density at radius 2 is 2.05 bits per heavy atom. The van der Waals surface area contributed by atoms with Gasteiger partial charge in [0.1, 0.15) is 0 Å². The summed E-state index contributed by atoms with van der Waals surface area (Å²) >= 11 is 0. The standard InChI is InChI=1S/C14H26N4O2S/c1-14(4-6-18(3)7-5-14)11-17-21(19,20)13-8-12(9-15-2)16-10-13/h8,10,15-17H,4-7,9,11H2,1-3H3. The maximum absolute atomic E-state index is 12.3. The fourth-order valence-corrected chi connectivity index (χ4v) is 3.77. The monoisotopic (exact) mass is 314 g/mol. The quantitative estimate of drug-likeness (QED) is 0.724. The van der Waals surface area contributed by atoms with Crippen LogP contribution < -0.4 is 10.0 Å². The van der Waals surface area contributed by atoms with E-state index in [2.05, 4.69) is 33.9 Å². The van der Waals surface area contributed by atoms with Crippen molar-refractivity contribution in [2.45, 2.75) is 31.2 Å². The van der Waals surface area contributed by atoms with Crippen LogP contribution in [0.2, 0.25) is 0 Å². The normalized spacial score (nSPS) is 19.8. The van der Waals surface area contributed by atoms with Gasteiger partial charge in [0.2, 0.25) is 10.0 Å². The number of piperidine rings is 1. The van der Waals surface area contributed by atoms with E-state index >= 15 is 0 Å². The van der Waals surface area contributed by atoms with Crippen molar-refractivity contribution >= 4 is 10.0 Å². The third-order valence-corrected chi connectivity index (χ3v) is 5.66. The Bertz CT molecular complexity index is 559. The third kappa shape index (κ3) is 4.29. The minimum atomic E-state index is -3.43. The molecule has 3 N–H and O–H groups in total. The van der Waals surface area contributed by atoms with Crippen molar-refractivity contribution in [3.63, 3.8) is 0 Å². The van der Waals surface area contributed by atoms with Crippen molar-refractivity contribution in [1.82, 2.24) is 19.9 Å². The highest BCUT2D eigenvalue weighted by molar-refractivity contribution is 7.89. The molecule has 0 amide bonds. The van der Waals surface area contributed by atoms with Gasteiger partial charge in [0.25, 0.3) is 0 Å². The Labute approximate surface area is 127 Å². The van der Waals surface area contributed by atoms with Crippen LogP contribution in [-0.4, -0.2) is 52.0 Å². The second kappa shape index (κ2) is 6.48. The summed E-state index contributed by atoms with van der Waals surface area (Å²) < 4.78 is 27.4. The molecule has 1 aromatic heterocycles. The van der Waals surface area contributed by atoms with Gasteiger partial charge in [-0.1, -0.05) is 6.92 Å². The lowest BCUT2D eigenvalue weighted by Crippen LogP contribution is -2.43. The minimum Gasteiger partial charge on any atom is -0.363 e. The number of rotatable bonds is 6. The van der Waals surface area contributed by atoms with Crippen molar-refractivity contribution in [3.8, 4) is 0 Å². The molecule has 0 spiro atoms. The highest BCUT2D eigenvalue weighted by Gasteiger charge is 2.30. The highest BCUT2D eigenvalue weighted by Crippen LogP contribution is 2.29. The number of hydrogen-bond acceptors (Lipinski definition) is 4. The van der Waals surface area contributed by atoms with Crippen LogP contribution in [0.15, 0.2) is 17.2 Å². The van der Waals surface area contributed by atoms with E-state index in [0.717, 1.165) is 31.6 Å². The van der Waals surface area contributed by atoms with Crippen molar-refractivity contribution in [2.24, 2.45) is 5.41 Å². The van der Waals surface area contributed by atoms with Crippen LogP contribution in [0.3, 0.4) is 0 Å². The molecular weight excluding hydrogens is 288 g/mol. The van der Waals surface area contributed by atoms with E-state index in [9.17, 15) is 8.42 Å². The maximum atomic E-state index is 12.3. The zero-order valence-electron chi connectivity index (χ0n) is 13.1. The highest BCUT2D eigenvalue weighted by atomic mass is 32.2. The molecule has 1 aromatic rings. The van der Waals surface area contributed by atoms with Crippen LogP contribution in [0, 0.1) is 5.41 Å². The van der Waals surface area contributed by atoms with E-state index in [1.807, 2.05) is 7.05 Å². The van der Waals surface area contributed by atoms with Gasteiger partial charge in [-0.15, -0.1) is 0 Å². The van der Waals surface area contributed by atoms with E-state index in [1.54, 1.807) is 12.3 Å². The van der Waals surface area contributed by atoms with Crippen molar-refractivity contribution in [2.75, 3.05) is 33.7 Å². The molecule has 1 saturated heterocycles. The predicted octanol–water partition coefficient (Wildman–Crippen LogP) is 0.744. The second-order valence-corrected chi connectivity index (χ2v) is 8.10. The number of H-pyrrole nitrogens is 1. The Balaban J connectivity index is 1.97. The van der Waals surface area contributed by atoms with Gasteiger partial charge in [-0.2, -0.15) is 0 Å². The molecule has 2 rings (SSSR count). The average molecular weight is 314 g/mol. The summed E-state index contributed by atoms with van der Waals surface area (Å²) in [7, 11) is 0.500. The summed E-state index contributed by atoms with van der Waals surface area (Å²) in [5.41, 5.74) is 0.910. The molecule has 0 saturated carbocycles. The minimum absolute atomic E-state index is 0.0453. The van der Waals surface area contributed by atoms with Gasteiger partial charge in [-0.25, -0.2) is 13.1 Å². The summed E-state index contributed by atoms with van der Waals surface area (Å²) in [4.78, 5) is 5.57. The van der Waals surface area contributed by atoms with Crippen molar-refractivity contribution < 1.29 is 8.42 Å². The van der Waals surface area contributed by atoms with Gasteiger partial charge in [-0.05, 0) is 51.5 Å². The molecule has 7 heteroatoms. The third-order valence-electron chi connectivity index (χ3n) is 4.28. The summed E-state index contributed by atoms with van der Waals surface area (Å²) in [5, 5.41) is 2.99. The Kier molecular flexibility index (Phi) is 5.08. The van der Waals surface area contributed by atoms with Gasteiger partial charge >= 0.3 is 0 Å². The zero-order valence-corrected chi connectivity index (χ0v) is 13.9. The first kappa shape index (κ1) is 16.5. The molecule has 0 aromatic carbocycles. The van der Waals surface area contributed by atoms with Crippen LogP contribution in [-0.2, 0) is 16.6 Å². The van der Waals surface area contributed by atoms with E-state index < -0.39 is 10.0 Å². The number of nitrogens with zero attached hydrogens (tertiary/aromatic N) is 1. The molecule has 0 aliphatic carbocycles. The smallest absolute Gasteiger partial charge is 0.242 e. The number of likely N-dealkylation sites (tertiary alicyclic amines) is 1. The fraction of sp³-hybridized carbons (Fsp3) is 0.714. The van der Waals surface area contributed by atoms with Gasteiger partial charge in [0.05, 0.1) is 4.90 Å². The summed E-state index contributed by atoms with van der Waals surface area (Å²) in [5.74, 6) is 0. The molecule has 120 valence electrons. The first-order valence-electron chi connectivity index (χ1n) is 7.35. The van der Waals surface area contributed by atoms with E-state index in [1.165, 1.54) is 0 Å². The molecule has 0 bridgehead atoms. The van der Waals surface area contributed by atoms with Crippen LogP contribution in [0.5, 0.6) is 0 Å². The molecule has 0 radical (unpaired) electrons. The zero-order chi connectivity index (χ0) is 15.5. The number of hydrogen-bond donors (Lipinski definition) is 3. The Morgan fingerprint density at radius 1 is 1.38 bits per heavy atom. The SMILES string of the molecule is CNCc1cc(S(=O)(=O)NCC2(C)CCN(C)CC2)c[nH]1. The predicted molar refractivity (Wildman–Crippen MR) is 83.6 cm³/mol. The van der Waals surface area contributed by atoms with Crippen molar-refractivity contribution in [1.29, 1.82) is 0 Å². The first-order chi connectivity index (χ1) is 9.85. The van der Waals surface area contributed by atoms with Crippen LogP contribution >= 0.6 is 0 Å². The number of aromatic amines is 1. The molecule has 21 heavy (non-hydrogen) atoms. The van der Waals surface area contributed by atoms with Gasteiger partial charge in [-0.3, -0.25) is 0 Å². The number of nitrogens with one attached hydrogen (secondary N) is 3. The molecule has 2 heterocycles. The number of sulfonamides is 1. The fourth-order valence-electron chi connectivity index (χ4n) is 2.55. The van der Waals surface area contributed by atoms with Crippen LogP contribution in [0.4, 0.5) is 0 Å². The summed E-state index contributed by atoms with van der Waals surface area (Å²) in [6, 6.07) is 1.68. The van der Waals surface area contributed by atoms with E-state index in [-0.39, 0.29) is 5.41 Å². The lowest BCUT2D eigenvalue weighted by atomic mass is 9.81. The molecule has 1 fully saturated rings. The van der Waals surface area contributed by atoms with Crippen molar-refractivity contribution in [3.05, 3.63) is 18.0 Å². The van der Waals surface area contributed by atoms with Crippen LogP contribution in [0.1, 0.15) is 25.5 Å². The maximum Gasteiger partial charge on any atom is 0.242 e. The lowest BCUT2D eigenvalue weighted by molar-refractivity contribution is 0.143. The van der Waals surface area contributed by atoms with E-state index in [0.29, 0.717) is 18.0 Å². The van der Waals surface area contributed by atoms with Gasteiger partial charge in [0, 0.05) is 25.0 Å². The molecule has 1 aliphatic heterocycles. The Hall–Kier alpha value is -0.890. The van der Waals surface area contributed by atoms with Gasteiger partial charge in [0.15, 0.2) is 0 Å². The van der Waals surface area contributed by atoms with E-state index in [4.69, 9.17) is 0 Å². The number of aromatic nitrogens is 1. The first-order valence-corrected chi connectivity index (χ1v) is 8.83. The lowest BCUT2D eigenvalue weighted by Gasteiger charge is -2.37. The molecule has 0 atom stereocenters. The average Bonchev–Trinajstić information content (AvgIpc) is 2.91. The largest absolute Gasteiger partial charge is 0.363 e. The molecule has 6 nitrogen and oxygen atoms in total. The Morgan fingerprint density at radius 3 is 2.67 bits per heavy atom. The van der Waals surface area contributed by atoms with Gasteiger partial charge < -0.3 is 15.2 Å². The second-order valence-electron chi connectivity index (χ2n) is 6.33. The summed E-state index contributed by atoms with van der Waals surface area (Å²) in [6.07, 6.45) is 3.58. The molecular formula is C14H26N4O2S. The van der Waals surface area contributed by atoms with Crippen LogP contribution in [0.25, 0.3) is 0 Å². The summed E-state index contributed by atoms with van der Waals surface area (Å²) in [6.45, 7) is 5.32. The molecule has 0 unspecified atom stereocenters.